The molecule has 2 aromatic rings. The lowest BCUT2D eigenvalue weighted by atomic mass is 10.2. The van der Waals surface area contributed by atoms with Crippen molar-refractivity contribution in [2.75, 3.05) is 7.11 Å². The molecule has 0 aliphatic rings. The summed E-state index contributed by atoms with van der Waals surface area (Å²) < 4.78 is 34.4. The summed E-state index contributed by atoms with van der Waals surface area (Å²) in [6, 6.07) is 10.8. The van der Waals surface area contributed by atoms with Gasteiger partial charge in [0.2, 0.25) is 5.96 Å². The highest BCUT2D eigenvalue weighted by Gasteiger charge is 2.07. The Kier molecular flexibility index (Phi) is 7.72. The van der Waals surface area contributed by atoms with E-state index in [-0.39, 0.29) is 21.6 Å². The van der Waals surface area contributed by atoms with E-state index in [1.807, 2.05) is 6.92 Å². The average molecular weight is 396 g/mol. The number of phenols is 1. The highest BCUT2D eigenvalue weighted by atomic mass is 32.2. The number of rotatable bonds is 4. The molecule has 0 radical (unpaired) electrons. The highest BCUT2D eigenvalue weighted by Crippen LogP contribution is 2.27. The van der Waals surface area contributed by atoms with Crippen molar-refractivity contribution < 1.29 is 28.0 Å². The van der Waals surface area contributed by atoms with Crippen molar-refractivity contribution in [3.8, 4) is 11.5 Å². The molecule has 0 atom stereocenters. The average Bonchev–Trinajstić information content (AvgIpc) is 2.60. The first-order valence-electron chi connectivity index (χ1n) is 7.33. The number of phenolic OH excluding ortho intramolecular Hbond substituents is 1. The van der Waals surface area contributed by atoms with Gasteiger partial charge in [-0.25, -0.2) is 0 Å². The van der Waals surface area contributed by atoms with Crippen LogP contribution in [0.3, 0.4) is 0 Å². The molecule has 11 heteroatoms. The van der Waals surface area contributed by atoms with Crippen molar-refractivity contribution in [1.82, 2.24) is 5.17 Å². The van der Waals surface area contributed by atoms with Gasteiger partial charge in [-0.2, -0.15) is 13.5 Å². The Hall–Kier alpha value is -3.15. The van der Waals surface area contributed by atoms with Crippen molar-refractivity contribution >= 4 is 22.3 Å². The number of nitrogens with two attached hydrogens (primary N) is 1. The molecule has 0 amide bonds. The predicted octanol–water partition coefficient (Wildman–Crippen LogP) is 1.56. The van der Waals surface area contributed by atoms with Gasteiger partial charge in [0.05, 0.1) is 18.2 Å². The van der Waals surface area contributed by atoms with E-state index in [9.17, 15) is 13.5 Å². The number of hydrogen-bond acceptors (Lipinski definition) is 7. The van der Waals surface area contributed by atoms with Gasteiger partial charge >= 0.3 is 0 Å². The third kappa shape index (κ3) is 6.93. The number of nitrogens with zero attached hydrogens (tertiary/aromatic N) is 2. The standard InChI is InChI=1S/C9H12N4O3.C7H8O3S/c1-16-7-4-2-3-6(8(7)14)5-12-13(15)9(10)11;1-6-2-4-7(5-3-6)11(8,9)10/h2-5,14-15H,1H3,(H3,10,11);2-5H,1H3,(H,8,9,10)/b12-5+;. The first kappa shape index (κ1) is 21.9. The summed E-state index contributed by atoms with van der Waals surface area (Å²) in [6.45, 7) is 1.84. The van der Waals surface area contributed by atoms with Crippen molar-refractivity contribution in [3.05, 3.63) is 53.6 Å². The summed E-state index contributed by atoms with van der Waals surface area (Å²) in [6.07, 6.45) is 1.15. The molecule has 0 heterocycles. The van der Waals surface area contributed by atoms with E-state index in [1.54, 1.807) is 30.3 Å². The van der Waals surface area contributed by atoms with Crippen molar-refractivity contribution in [3.63, 3.8) is 0 Å². The maximum atomic E-state index is 10.5. The quantitative estimate of drug-likeness (QED) is 0.224. The minimum Gasteiger partial charge on any atom is -0.504 e. The number of hydrogen-bond donors (Lipinski definition) is 5. The molecule has 0 saturated heterocycles. The van der Waals surface area contributed by atoms with Crippen LogP contribution in [0.15, 0.2) is 52.5 Å². The summed E-state index contributed by atoms with van der Waals surface area (Å²) in [4.78, 5) is -0.0666. The molecule has 2 rings (SSSR count). The summed E-state index contributed by atoms with van der Waals surface area (Å²) in [5.74, 6) is -0.444. The number of hydrazone groups is 1. The Morgan fingerprint density at radius 3 is 2.33 bits per heavy atom. The van der Waals surface area contributed by atoms with Gasteiger partial charge in [0, 0.05) is 5.56 Å². The molecule has 6 N–H and O–H groups in total. The van der Waals surface area contributed by atoms with Crippen LogP contribution in [0.1, 0.15) is 11.1 Å². The molecule has 0 fully saturated rings. The van der Waals surface area contributed by atoms with Crippen molar-refractivity contribution in [1.29, 1.82) is 5.41 Å². The van der Waals surface area contributed by atoms with E-state index >= 15 is 0 Å². The zero-order valence-electron chi connectivity index (χ0n) is 14.6. The number of aromatic hydroxyl groups is 1. The zero-order chi connectivity index (χ0) is 20.6. The molecule has 146 valence electrons. The van der Waals surface area contributed by atoms with Crippen LogP contribution in [0.4, 0.5) is 0 Å². The zero-order valence-corrected chi connectivity index (χ0v) is 15.4. The number of nitrogens with one attached hydrogen (secondary N) is 1. The SMILES string of the molecule is COc1cccc(/C=N/N(O)C(=N)N)c1O.Cc1ccc(S(=O)(=O)O)cc1. The molecule has 0 bridgehead atoms. The summed E-state index contributed by atoms with van der Waals surface area (Å²) in [5.41, 5.74) is 6.24. The molecule has 27 heavy (non-hydrogen) atoms. The van der Waals surface area contributed by atoms with E-state index in [2.05, 4.69) is 5.10 Å². The van der Waals surface area contributed by atoms with Gasteiger partial charge in [-0.3, -0.25) is 15.2 Å². The van der Waals surface area contributed by atoms with E-state index in [0.717, 1.165) is 11.8 Å². The number of para-hydroxylation sites is 1. The molecule has 2 aromatic carbocycles. The molecule has 0 aliphatic heterocycles. The van der Waals surface area contributed by atoms with Crippen LogP contribution >= 0.6 is 0 Å². The fourth-order valence-corrected chi connectivity index (χ4v) is 2.18. The van der Waals surface area contributed by atoms with Crippen LogP contribution in [0.5, 0.6) is 11.5 Å². The minimum atomic E-state index is -4.02. The van der Waals surface area contributed by atoms with Gasteiger partial charge in [0.1, 0.15) is 0 Å². The lowest BCUT2D eigenvalue weighted by Crippen LogP contribution is -2.28. The summed E-state index contributed by atoms with van der Waals surface area (Å²) >= 11 is 0. The van der Waals surface area contributed by atoms with Gasteiger partial charge in [0.25, 0.3) is 10.1 Å². The van der Waals surface area contributed by atoms with E-state index in [1.165, 1.54) is 19.2 Å². The van der Waals surface area contributed by atoms with Crippen LogP contribution in [0.25, 0.3) is 0 Å². The monoisotopic (exact) mass is 396 g/mol. The molecule has 0 aromatic heterocycles. The third-order valence-electron chi connectivity index (χ3n) is 3.09. The Balaban J connectivity index is 0.000000289. The molecule has 10 nitrogen and oxygen atoms in total. The molecular formula is C16H20N4O6S. The van der Waals surface area contributed by atoms with E-state index in [4.69, 9.17) is 25.6 Å². The fraction of sp³-hybridized carbons (Fsp3) is 0.125. The van der Waals surface area contributed by atoms with Gasteiger partial charge in [0.15, 0.2) is 11.5 Å². The predicted molar refractivity (Wildman–Crippen MR) is 98.8 cm³/mol. The number of ether oxygens (including phenoxy) is 1. The van der Waals surface area contributed by atoms with E-state index < -0.39 is 16.1 Å². The van der Waals surface area contributed by atoms with Crippen LogP contribution in [-0.2, 0) is 10.1 Å². The van der Waals surface area contributed by atoms with Crippen LogP contribution in [-0.4, -0.2) is 47.7 Å². The molecular weight excluding hydrogens is 376 g/mol. The van der Waals surface area contributed by atoms with Crippen LogP contribution < -0.4 is 10.5 Å². The smallest absolute Gasteiger partial charge is 0.294 e. The minimum absolute atomic E-state index is 0.0666. The van der Waals surface area contributed by atoms with E-state index in [0.29, 0.717) is 5.56 Å². The first-order valence-corrected chi connectivity index (χ1v) is 8.77. The normalized spacial score (nSPS) is 10.8. The maximum Gasteiger partial charge on any atom is 0.294 e. The number of methoxy groups -OCH3 is 1. The second-order valence-electron chi connectivity index (χ2n) is 5.11. The maximum absolute atomic E-state index is 10.5. The summed E-state index contributed by atoms with van der Waals surface area (Å²) in [5, 5.41) is 29.1. The molecule has 0 unspecified atom stereocenters. The van der Waals surface area contributed by atoms with Gasteiger partial charge in [-0.15, -0.1) is 5.17 Å². The molecule has 0 spiro atoms. The summed E-state index contributed by atoms with van der Waals surface area (Å²) in [7, 11) is -2.60. The van der Waals surface area contributed by atoms with Crippen molar-refractivity contribution in [2.45, 2.75) is 11.8 Å². The third-order valence-corrected chi connectivity index (χ3v) is 3.96. The number of aryl methyl sites for hydroxylation is 1. The Morgan fingerprint density at radius 2 is 1.85 bits per heavy atom. The first-order chi connectivity index (χ1) is 12.6. The number of hydroxylamine groups is 1. The fourth-order valence-electron chi connectivity index (χ4n) is 1.70. The number of guanidine groups is 1. The Labute approximate surface area is 156 Å². The Bertz CT molecular complexity index is 913. The molecule has 0 aliphatic carbocycles. The van der Waals surface area contributed by atoms with Gasteiger partial charge in [-0.1, -0.05) is 23.8 Å². The van der Waals surface area contributed by atoms with Crippen molar-refractivity contribution in [2.24, 2.45) is 10.8 Å². The lowest BCUT2D eigenvalue weighted by Gasteiger charge is -2.07. The largest absolute Gasteiger partial charge is 0.504 e. The topological polar surface area (TPSA) is 170 Å². The van der Waals surface area contributed by atoms with Gasteiger partial charge in [-0.05, 0) is 31.2 Å². The number of benzene rings is 2. The van der Waals surface area contributed by atoms with Crippen LogP contribution in [0, 0.1) is 12.3 Å². The van der Waals surface area contributed by atoms with Crippen LogP contribution in [0.2, 0.25) is 0 Å². The highest BCUT2D eigenvalue weighted by molar-refractivity contribution is 7.85. The second-order valence-corrected chi connectivity index (χ2v) is 6.53. The second kappa shape index (κ2) is 9.52. The van der Waals surface area contributed by atoms with Gasteiger partial charge < -0.3 is 15.6 Å². The molecule has 0 saturated carbocycles. The Morgan fingerprint density at radius 1 is 1.26 bits per heavy atom. The lowest BCUT2D eigenvalue weighted by molar-refractivity contribution is -0.0139.